The van der Waals surface area contributed by atoms with Crippen LogP contribution in [0.15, 0.2) is 58.4 Å². The van der Waals surface area contributed by atoms with Crippen LogP contribution in [0, 0.1) is 29.6 Å². The first kappa shape index (κ1) is 23.1. The molecule has 0 radical (unpaired) electrons. The number of hydrogen-bond acceptors (Lipinski definition) is 6. The highest BCUT2D eigenvalue weighted by Gasteiger charge is 2.69. The third-order valence-electron chi connectivity index (χ3n) is 8.41. The van der Waals surface area contributed by atoms with Crippen LogP contribution in [0.5, 0.6) is 5.75 Å². The van der Waals surface area contributed by atoms with Gasteiger partial charge >= 0.3 is 11.0 Å². The predicted molar refractivity (Wildman–Crippen MR) is 131 cm³/mol. The first-order valence-corrected chi connectivity index (χ1v) is 13.6. The number of fused-ring (bicyclic) bond motifs is 9. The lowest BCUT2D eigenvalue weighted by Gasteiger charge is -2.43. The third kappa shape index (κ3) is 3.22. The molecule has 3 heterocycles. The lowest BCUT2D eigenvalue weighted by atomic mass is 9.68. The molecule has 2 amide bonds. The van der Waals surface area contributed by atoms with Gasteiger partial charge < -0.3 is 10.1 Å². The van der Waals surface area contributed by atoms with Gasteiger partial charge in [-0.3, -0.25) is 19.3 Å². The quantitative estimate of drug-likeness (QED) is 0.451. The number of thiazole rings is 1. The molecule has 2 bridgehead atoms. The molecule has 1 saturated heterocycles. The Labute approximate surface area is 216 Å². The number of phenolic OH excluding ortho intramolecular Hbond substituents is 1. The molecule has 190 valence electrons. The van der Waals surface area contributed by atoms with Gasteiger partial charge in [0, 0.05) is 16.0 Å². The van der Waals surface area contributed by atoms with E-state index in [1.54, 1.807) is 23.9 Å². The molecule has 11 heteroatoms. The molecule has 2 aliphatic heterocycles. The Hall–Kier alpha value is -3.05. The van der Waals surface area contributed by atoms with Crippen molar-refractivity contribution in [2.75, 3.05) is 4.90 Å². The second kappa shape index (κ2) is 7.73. The van der Waals surface area contributed by atoms with E-state index < -0.39 is 35.4 Å². The van der Waals surface area contributed by atoms with Gasteiger partial charge in [0.05, 0.1) is 28.1 Å². The highest BCUT2D eigenvalue weighted by molar-refractivity contribution is 8.00. The number of nitrogens with zero attached hydrogens (tertiary/aromatic N) is 1. The van der Waals surface area contributed by atoms with E-state index in [9.17, 15) is 32.7 Å². The van der Waals surface area contributed by atoms with E-state index in [1.807, 2.05) is 12.1 Å². The van der Waals surface area contributed by atoms with Gasteiger partial charge in [-0.15, -0.1) is 11.8 Å². The number of phenols is 1. The van der Waals surface area contributed by atoms with Crippen LogP contribution in [-0.2, 0) is 15.8 Å². The predicted octanol–water partition coefficient (Wildman–Crippen LogP) is 4.84. The zero-order valence-corrected chi connectivity index (χ0v) is 20.6. The monoisotopic (exact) mass is 544 g/mol. The Bertz CT molecular complexity index is 1510. The Kier molecular flexibility index (Phi) is 4.83. The number of nitrogens with one attached hydrogen (secondary N) is 1. The average Bonchev–Trinajstić information content (AvgIpc) is 3.58. The van der Waals surface area contributed by atoms with Crippen molar-refractivity contribution in [2.24, 2.45) is 29.6 Å². The molecule has 0 spiro atoms. The summed E-state index contributed by atoms with van der Waals surface area (Å²) in [4.78, 5) is 44.2. The van der Waals surface area contributed by atoms with E-state index >= 15 is 0 Å². The zero-order chi connectivity index (χ0) is 25.8. The standard InChI is InChI=1S/C26H19F3N2O4S2/c27-26(28,29)11-2-1-3-12(8-11)31-23(33)18-14-9-15(19(18)24(31)34)20-17(14)16(10-4-6-13(32)7-5-10)21-22(36-20)30-25(35)37-21/h1-8,14-20,32H,9H2,(H,30,35)/t14-,15+,16-,17-,18+,19+,20-/m0/s1. The molecule has 3 aromatic rings. The normalized spacial score (nSPS) is 32.0. The first-order chi connectivity index (χ1) is 17.6. The summed E-state index contributed by atoms with van der Waals surface area (Å²) in [6.07, 6.45) is -3.91. The number of imide groups is 1. The Morgan fingerprint density at radius 2 is 1.68 bits per heavy atom. The van der Waals surface area contributed by atoms with Crippen molar-refractivity contribution in [1.82, 2.24) is 4.98 Å². The fourth-order valence-corrected chi connectivity index (χ4v) is 10.0. The summed E-state index contributed by atoms with van der Waals surface area (Å²) in [5.41, 5.74) is -0.0383. The number of rotatable bonds is 2. The minimum atomic E-state index is -4.59. The Balaban J connectivity index is 1.30. The van der Waals surface area contributed by atoms with Crippen LogP contribution in [0.1, 0.15) is 28.3 Å². The molecule has 4 aliphatic rings. The Morgan fingerprint density at radius 3 is 2.38 bits per heavy atom. The highest BCUT2D eigenvalue weighted by atomic mass is 32.2. The molecule has 37 heavy (non-hydrogen) atoms. The van der Waals surface area contributed by atoms with Gasteiger partial charge in [0.1, 0.15) is 5.75 Å². The van der Waals surface area contributed by atoms with Gasteiger partial charge in [0.2, 0.25) is 11.8 Å². The van der Waals surface area contributed by atoms with E-state index in [0.717, 1.165) is 43.8 Å². The number of carbonyl (C=O) groups excluding carboxylic acids is 2. The second-order valence-electron chi connectivity index (χ2n) is 10.1. The van der Waals surface area contributed by atoms with Crippen molar-refractivity contribution in [3.63, 3.8) is 0 Å². The lowest BCUT2D eigenvalue weighted by molar-refractivity contribution is -0.137. The maximum Gasteiger partial charge on any atom is 0.416 e. The number of aromatic nitrogens is 1. The maximum absolute atomic E-state index is 13.7. The number of benzene rings is 2. The molecule has 2 aromatic carbocycles. The molecule has 7 atom stereocenters. The van der Waals surface area contributed by atoms with Crippen molar-refractivity contribution in [3.05, 3.63) is 74.2 Å². The topological polar surface area (TPSA) is 90.5 Å². The summed E-state index contributed by atoms with van der Waals surface area (Å²) in [6.45, 7) is 0. The van der Waals surface area contributed by atoms with Gasteiger partial charge in [-0.2, -0.15) is 13.2 Å². The van der Waals surface area contributed by atoms with Gasteiger partial charge in [0.15, 0.2) is 0 Å². The molecular weight excluding hydrogens is 525 g/mol. The molecule has 0 unspecified atom stereocenters. The molecule has 3 fully saturated rings. The number of anilines is 1. The van der Waals surface area contributed by atoms with Crippen LogP contribution in [0.4, 0.5) is 18.9 Å². The van der Waals surface area contributed by atoms with Crippen molar-refractivity contribution >= 4 is 40.6 Å². The van der Waals surface area contributed by atoms with Crippen molar-refractivity contribution in [2.45, 2.75) is 28.8 Å². The van der Waals surface area contributed by atoms with Crippen LogP contribution < -0.4 is 9.77 Å². The molecule has 2 N–H and O–H groups in total. The van der Waals surface area contributed by atoms with Crippen molar-refractivity contribution < 1.29 is 27.9 Å². The van der Waals surface area contributed by atoms with Gasteiger partial charge in [-0.1, -0.05) is 29.5 Å². The number of carbonyl (C=O) groups is 2. The smallest absolute Gasteiger partial charge is 0.416 e. The number of H-pyrrole nitrogens is 1. The minimum absolute atomic E-state index is 0.0268. The number of alkyl halides is 3. The first-order valence-electron chi connectivity index (χ1n) is 11.9. The zero-order valence-electron chi connectivity index (χ0n) is 18.9. The number of hydrogen-bond donors (Lipinski definition) is 2. The largest absolute Gasteiger partial charge is 0.508 e. The van der Waals surface area contributed by atoms with E-state index in [0.29, 0.717) is 6.42 Å². The summed E-state index contributed by atoms with van der Waals surface area (Å²) in [7, 11) is 0. The summed E-state index contributed by atoms with van der Waals surface area (Å²) in [5, 5.41) is 10.6. The molecule has 1 aromatic heterocycles. The summed E-state index contributed by atoms with van der Waals surface area (Å²) in [5.74, 6) is -2.45. The van der Waals surface area contributed by atoms with E-state index in [1.165, 1.54) is 12.1 Å². The maximum atomic E-state index is 13.7. The highest BCUT2D eigenvalue weighted by Crippen LogP contribution is 2.68. The fourth-order valence-electron chi connectivity index (χ4n) is 7.15. The molecule has 6 nitrogen and oxygen atoms in total. The van der Waals surface area contributed by atoms with Crippen molar-refractivity contribution in [1.29, 1.82) is 0 Å². The van der Waals surface area contributed by atoms with Crippen LogP contribution >= 0.6 is 23.1 Å². The van der Waals surface area contributed by atoms with Gasteiger partial charge in [-0.25, -0.2) is 0 Å². The lowest BCUT2D eigenvalue weighted by Crippen LogP contribution is -2.42. The van der Waals surface area contributed by atoms with Crippen LogP contribution in [0.3, 0.4) is 0 Å². The van der Waals surface area contributed by atoms with Crippen LogP contribution in [0.25, 0.3) is 0 Å². The molecular formula is C26H19F3N2O4S2. The van der Waals surface area contributed by atoms with Crippen LogP contribution in [0.2, 0.25) is 0 Å². The number of thioether (sulfide) groups is 1. The summed E-state index contributed by atoms with van der Waals surface area (Å²) >= 11 is 2.68. The SMILES string of the molecule is O=C1[C@@H]2[C@H]3C[C@@H]([C@@H]4Sc5[nH]c(=O)sc5[C@@H](c5ccc(O)cc5)[C@H]34)[C@H]2C(=O)N1c1cccc(C(F)(F)F)c1. The van der Waals surface area contributed by atoms with E-state index in [4.69, 9.17) is 0 Å². The third-order valence-corrected chi connectivity index (χ3v) is 11.0. The second-order valence-corrected chi connectivity index (χ2v) is 12.3. The van der Waals surface area contributed by atoms with E-state index in [2.05, 4.69) is 4.98 Å². The summed E-state index contributed by atoms with van der Waals surface area (Å²) in [6, 6.07) is 11.2. The number of aromatic hydroxyl groups is 1. The molecule has 7 rings (SSSR count). The molecule has 2 aliphatic carbocycles. The van der Waals surface area contributed by atoms with E-state index in [-0.39, 0.29) is 45.2 Å². The number of halogens is 3. The fraction of sp³-hybridized carbons (Fsp3) is 0.346. The molecule has 2 saturated carbocycles. The minimum Gasteiger partial charge on any atom is -0.508 e. The number of aromatic amines is 1. The van der Waals surface area contributed by atoms with Gasteiger partial charge in [-0.05, 0) is 60.1 Å². The van der Waals surface area contributed by atoms with Crippen LogP contribution in [-0.4, -0.2) is 27.2 Å². The Morgan fingerprint density at radius 1 is 0.973 bits per heavy atom. The average molecular weight is 545 g/mol. The number of amides is 2. The van der Waals surface area contributed by atoms with Gasteiger partial charge in [0.25, 0.3) is 0 Å². The summed E-state index contributed by atoms with van der Waals surface area (Å²) < 4.78 is 40.0. The van der Waals surface area contributed by atoms with Crippen molar-refractivity contribution in [3.8, 4) is 5.75 Å².